The number of rotatable bonds is 10. The van der Waals surface area contributed by atoms with Crippen molar-refractivity contribution in [1.29, 1.82) is 0 Å². The Morgan fingerprint density at radius 2 is 1.73 bits per heavy atom. The third-order valence-electron chi connectivity index (χ3n) is 4.95. The average Bonchev–Trinajstić information content (AvgIpc) is 3.16. The second-order valence-corrected chi connectivity index (χ2v) is 9.13. The van der Waals surface area contributed by atoms with Gasteiger partial charge in [0, 0.05) is 30.2 Å². The van der Waals surface area contributed by atoms with Crippen molar-refractivity contribution in [2.45, 2.75) is 32.1 Å². The Morgan fingerprint density at radius 1 is 1.03 bits per heavy atom. The summed E-state index contributed by atoms with van der Waals surface area (Å²) >= 11 is 3.33. The number of benzene rings is 2. The van der Waals surface area contributed by atoms with Crippen LogP contribution in [-0.2, 0) is 4.79 Å². The van der Waals surface area contributed by atoms with E-state index in [1.807, 2.05) is 23.1 Å². The maximum Gasteiger partial charge on any atom is 0.229 e. The van der Waals surface area contributed by atoms with E-state index in [0.29, 0.717) is 13.0 Å². The minimum absolute atomic E-state index is 0. The molecule has 7 heteroatoms. The first-order valence-electron chi connectivity index (χ1n) is 10.2. The Balaban J connectivity index is 0.00000320. The summed E-state index contributed by atoms with van der Waals surface area (Å²) in [6.07, 6.45) is 0.507. The standard InChI is InChI=1S/C23H29N3OS2.ClH/c1-4-25(5-2)15-16-26(23-24-20-8-6-7-9-21(20)29-23)22(27)14-17-28-19-12-10-18(3)11-13-19;/h6-13H,4-5,14-17H2,1-3H3;1H. The first-order chi connectivity index (χ1) is 14.1. The van der Waals surface area contributed by atoms with E-state index in [1.54, 1.807) is 23.1 Å². The van der Waals surface area contributed by atoms with Crippen molar-refractivity contribution in [3.8, 4) is 0 Å². The Hall–Kier alpha value is -1.60. The summed E-state index contributed by atoms with van der Waals surface area (Å²) < 4.78 is 1.12. The van der Waals surface area contributed by atoms with E-state index in [2.05, 4.69) is 56.0 Å². The molecule has 3 aromatic rings. The maximum atomic E-state index is 13.1. The Kier molecular flexibility index (Phi) is 10.1. The summed E-state index contributed by atoms with van der Waals surface area (Å²) in [7, 11) is 0. The smallest absolute Gasteiger partial charge is 0.229 e. The van der Waals surface area contributed by atoms with Gasteiger partial charge in [0.25, 0.3) is 0 Å². The average molecular weight is 464 g/mol. The van der Waals surface area contributed by atoms with Crippen LogP contribution in [0, 0.1) is 6.92 Å². The van der Waals surface area contributed by atoms with Crippen LogP contribution in [0.1, 0.15) is 25.8 Å². The fourth-order valence-corrected chi connectivity index (χ4v) is 4.96. The molecule has 4 nitrogen and oxygen atoms in total. The lowest BCUT2D eigenvalue weighted by Gasteiger charge is -2.24. The Bertz CT molecular complexity index is 893. The number of thioether (sulfide) groups is 1. The predicted molar refractivity (Wildman–Crippen MR) is 134 cm³/mol. The zero-order chi connectivity index (χ0) is 20.6. The van der Waals surface area contributed by atoms with Gasteiger partial charge in [0.15, 0.2) is 5.13 Å². The largest absolute Gasteiger partial charge is 0.302 e. The Labute approximate surface area is 194 Å². The zero-order valence-electron chi connectivity index (χ0n) is 17.8. The number of nitrogens with zero attached hydrogens (tertiary/aromatic N) is 3. The highest BCUT2D eigenvalue weighted by Gasteiger charge is 2.20. The van der Waals surface area contributed by atoms with Gasteiger partial charge in [-0.1, -0.05) is 55.0 Å². The molecule has 0 saturated heterocycles. The van der Waals surface area contributed by atoms with Gasteiger partial charge in [0.05, 0.1) is 10.2 Å². The van der Waals surface area contributed by atoms with E-state index in [1.165, 1.54) is 10.5 Å². The third-order valence-corrected chi connectivity index (χ3v) is 7.03. The second-order valence-electron chi connectivity index (χ2n) is 6.95. The number of aryl methyl sites for hydroxylation is 1. The number of carbonyl (C=O) groups excluding carboxylic acids is 1. The number of hydrogen-bond acceptors (Lipinski definition) is 5. The van der Waals surface area contributed by atoms with Crippen LogP contribution in [0.4, 0.5) is 5.13 Å². The molecular formula is C23H30ClN3OS2. The number of fused-ring (bicyclic) bond motifs is 1. The van der Waals surface area contributed by atoms with Gasteiger partial charge < -0.3 is 4.90 Å². The molecule has 0 saturated carbocycles. The van der Waals surface area contributed by atoms with Gasteiger partial charge in [0.1, 0.15) is 0 Å². The first-order valence-corrected chi connectivity index (χ1v) is 12.0. The van der Waals surface area contributed by atoms with E-state index >= 15 is 0 Å². The molecule has 0 N–H and O–H groups in total. The SMILES string of the molecule is CCN(CC)CCN(C(=O)CCSc1ccc(C)cc1)c1nc2ccccc2s1.Cl. The number of carbonyl (C=O) groups is 1. The van der Waals surface area contributed by atoms with Crippen LogP contribution >= 0.6 is 35.5 Å². The molecule has 0 aliphatic carbocycles. The molecule has 0 aliphatic rings. The highest BCUT2D eigenvalue weighted by Crippen LogP contribution is 2.29. The normalized spacial score (nSPS) is 10.9. The van der Waals surface area contributed by atoms with Crippen molar-refractivity contribution in [2.24, 2.45) is 0 Å². The molecule has 1 heterocycles. The van der Waals surface area contributed by atoms with E-state index in [-0.39, 0.29) is 18.3 Å². The third kappa shape index (κ3) is 6.71. The maximum absolute atomic E-state index is 13.1. The first kappa shape index (κ1) is 24.7. The van der Waals surface area contributed by atoms with Gasteiger partial charge in [-0.15, -0.1) is 24.2 Å². The lowest BCUT2D eigenvalue weighted by molar-refractivity contribution is -0.118. The molecule has 0 fully saturated rings. The fraction of sp³-hybridized carbons (Fsp3) is 0.391. The van der Waals surface area contributed by atoms with Crippen LogP contribution in [0.15, 0.2) is 53.4 Å². The van der Waals surface area contributed by atoms with Gasteiger partial charge in [-0.05, 0) is 44.3 Å². The number of anilines is 1. The lowest BCUT2D eigenvalue weighted by Crippen LogP contribution is -2.39. The van der Waals surface area contributed by atoms with E-state index < -0.39 is 0 Å². The van der Waals surface area contributed by atoms with Crippen molar-refractivity contribution in [2.75, 3.05) is 36.8 Å². The number of hydrogen-bond donors (Lipinski definition) is 0. The molecule has 0 bridgehead atoms. The molecule has 0 unspecified atom stereocenters. The second kappa shape index (κ2) is 12.3. The summed E-state index contributed by atoms with van der Waals surface area (Å²) in [6, 6.07) is 16.6. The Morgan fingerprint density at radius 3 is 2.40 bits per heavy atom. The summed E-state index contributed by atoms with van der Waals surface area (Å²) in [5, 5.41) is 0.809. The van der Waals surface area contributed by atoms with Gasteiger partial charge in [-0.25, -0.2) is 4.98 Å². The van der Waals surface area contributed by atoms with E-state index in [4.69, 9.17) is 4.98 Å². The summed E-state index contributed by atoms with van der Waals surface area (Å²) in [5.74, 6) is 0.921. The summed E-state index contributed by atoms with van der Waals surface area (Å²) in [6.45, 7) is 9.92. The highest BCUT2D eigenvalue weighted by atomic mass is 35.5. The van der Waals surface area contributed by atoms with Gasteiger partial charge in [-0.3, -0.25) is 9.69 Å². The molecule has 30 heavy (non-hydrogen) atoms. The molecule has 0 aliphatic heterocycles. The number of likely N-dealkylation sites (N-methyl/N-ethyl adjacent to an activating group) is 1. The van der Waals surface area contributed by atoms with Gasteiger partial charge >= 0.3 is 0 Å². The van der Waals surface area contributed by atoms with Gasteiger partial charge in [-0.2, -0.15) is 0 Å². The van der Waals surface area contributed by atoms with Crippen LogP contribution in [0.25, 0.3) is 10.2 Å². The minimum atomic E-state index is 0. The molecule has 3 rings (SSSR count). The van der Waals surface area contributed by atoms with Crippen molar-refractivity contribution in [3.63, 3.8) is 0 Å². The van der Waals surface area contributed by atoms with Crippen LogP contribution in [0.2, 0.25) is 0 Å². The zero-order valence-corrected chi connectivity index (χ0v) is 20.3. The molecule has 0 radical (unpaired) electrons. The van der Waals surface area contributed by atoms with Crippen LogP contribution in [0.3, 0.4) is 0 Å². The van der Waals surface area contributed by atoms with E-state index in [9.17, 15) is 4.79 Å². The minimum Gasteiger partial charge on any atom is -0.302 e. The van der Waals surface area contributed by atoms with Crippen molar-refractivity contribution in [1.82, 2.24) is 9.88 Å². The molecular weight excluding hydrogens is 434 g/mol. The quantitative estimate of drug-likeness (QED) is 0.351. The van der Waals surface area contributed by atoms with Crippen molar-refractivity contribution in [3.05, 3.63) is 54.1 Å². The van der Waals surface area contributed by atoms with Crippen LogP contribution < -0.4 is 4.90 Å². The van der Waals surface area contributed by atoms with Crippen molar-refractivity contribution < 1.29 is 4.79 Å². The lowest BCUT2D eigenvalue weighted by atomic mass is 10.2. The predicted octanol–water partition coefficient (Wildman–Crippen LogP) is 5.88. The summed E-state index contributed by atoms with van der Waals surface area (Å²) in [5.41, 5.74) is 2.21. The van der Waals surface area contributed by atoms with E-state index in [0.717, 1.165) is 40.7 Å². The number of halogens is 1. The van der Waals surface area contributed by atoms with Crippen molar-refractivity contribution >= 4 is 56.8 Å². The summed E-state index contributed by atoms with van der Waals surface area (Å²) in [4.78, 5) is 23.3. The van der Waals surface area contributed by atoms with Crippen LogP contribution in [-0.4, -0.2) is 47.7 Å². The van der Waals surface area contributed by atoms with Crippen LogP contribution in [0.5, 0.6) is 0 Å². The molecule has 2 aromatic carbocycles. The monoisotopic (exact) mass is 463 g/mol. The fourth-order valence-electron chi connectivity index (χ4n) is 3.11. The molecule has 1 amide bonds. The number of aromatic nitrogens is 1. The number of amides is 1. The molecule has 0 atom stereocenters. The topological polar surface area (TPSA) is 36.4 Å². The molecule has 0 spiro atoms. The number of para-hydroxylation sites is 1. The molecule has 1 aromatic heterocycles. The molecule has 162 valence electrons. The highest BCUT2D eigenvalue weighted by molar-refractivity contribution is 7.99. The van der Waals surface area contributed by atoms with Gasteiger partial charge in [0.2, 0.25) is 5.91 Å². The number of thiazole rings is 1.